The molecule has 1 rings (SSSR count). The second kappa shape index (κ2) is 6.82. The minimum atomic E-state index is -3.26. The number of halogens is 1. The first-order valence-electron chi connectivity index (χ1n) is 5.33. The third-order valence-corrected chi connectivity index (χ3v) is 6.05. The van der Waals surface area contributed by atoms with Crippen molar-refractivity contribution >= 4 is 29.8 Å². The Labute approximate surface area is 114 Å². The Hall–Kier alpha value is -0.200. The van der Waals surface area contributed by atoms with Gasteiger partial charge in [0.1, 0.15) is 10.9 Å². The zero-order chi connectivity index (χ0) is 13.8. The van der Waals surface area contributed by atoms with E-state index >= 15 is 0 Å². The van der Waals surface area contributed by atoms with Crippen molar-refractivity contribution in [2.45, 2.75) is 26.6 Å². The van der Waals surface area contributed by atoms with Crippen LogP contribution in [-0.4, -0.2) is 18.0 Å². The van der Waals surface area contributed by atoms with Crippen LogP contribution in [0.3, 0.4) is 0 Å². The first-order valence-corrected chi connectivity index (χ1v) is 8.84. The fourth-order valence-electron chi connectivity index (χ4n) is 1.14. The number of nitrogens with zero attached hydrogens (tertiary/aromatic N) is 1. The van der Waals surface area contributed by atoms with Crippen molar-refractivity contribution in [2.24, 2.45) is 0 Å². The molecule has 0 unspecified atom stereocenters. The van der Waals surface area contributed by atoms with Gasteiger partial charge in [-0.3, -0.25) is 4.79 Å². The predicted molar refractivity (Wildman–Crippen MR) is 71.2 cm³/mol. The molecule has 0 atom stereocenters. The van der Waals surface area contributed by atoms with Crippen LogP contribution in [0.15, 0.2) is 9.32 Å². The van der Waals surface area contributed by atoms with E-state index in [-0.39, 0.29) is 24.1 Å². The van der Waals surface area contributed by atoms with E-state index in [4.69, 9.17) is 25.2 Å². The maximum Gasteiger partial charge on any atom is 0.390 e. The van der Waals surface area contributed by atoms with Crippen LogP contribution in [0.1, 0.15) is 19.6 Å². The van der Waals surface area contributed by atoms with Gasteiger partial charge in [-0.25, -0.2) is 4.57 Å². The average molecular weight is 316 g/mol. The molecule has 0 spiro atoms. The van der Waals surface area contributed by atoms with Gasteiger partial charge in [-0.15, -0.1) is 0 Å². The van der Waals surface area contributed by atoms with Crippen LogP contribution < -0.4 is 5.56 Å². The third kappa shape index (κ3) is 3.90. The molecule has 0 aliphatic rings. The molecule has 0 saturated heterocycles. The van der Waals surface area contributed by atoms with Crippen molar-refractivity contribution in [3.8, 4) is 0 Å². The SMILES string of the molecule is CCOP(=O)(OCC)SCn1oc(C)c(Cl)c1=O. The minimum absolute atomic E-state index is 0.0175. The van der Waals surface area contributed by atoms with E-state index in [0.717, 1.165) is 16.1 Å². The van der Waals surface area contributed by atoms with Crippen LogP contribution in [0.2, 0.25) is 5.02 Å². The van der Waals surface area contributed by atoms with Crippen LogP contribution in [0.5, 0.6) is 0 Å². The van der Waals surface area contributed by atoms with Crippen LogP contribution in [0, 0.1) is 6.92 Å². The van der Waals surface area contributed by atoms with Gasteiger partial charge in [-0.05, 0) is 32.2 Å². The van der Waals surface area contributed by atoms with Gasteiger partial charge in [-0.2, -0.15) is 4.74 Å². The molecule has 0 amide bonds. The number of rotatable bonds is 7. The summed E-state index contributed by atoms with van der Waals surface area (Å²) in [6.45, 7) is 2.27. The summed E-state index contributed by atoms with van der Waals surface area (Å²) >= 11 is 6.59. The van der Waals surface area contributed by atoms with Crippen molar-refractivity contribution in [1.82, 2.24) is 4.74 Å². The summed E-state index contributed by atoms with van der Waals surface area (Å²) in [6.07, 6.45) is 0. The Kier molecular flexibility index (Phi) is 6.01. The fourth-order valence-corrected chi connectivity index (χ4v) is 4.36. The van der Waals surface area contributed by atoms with Gasteiger partial charge in [0, 0.05) is 0 Å². The Bertz CT molecular complexity index is 490. The highest BCUT2D eigenvalue weighted by Crippen LogP contribution is 2.60. The molecule has 1 heterocycles. The molecular weight excluding hydrogens is 301 g/mol. The maximum atomic E-state index is 12.1. The average Bonchev–Trinajstić information content (AvgIpc) is 2.55. The zero-order valence-electron chi connectivity index (χ0n) is 10.3. The van der Waals surface area contributed by atoms with Gasteiger partial charge in [0.2, 0.25) is 0 Å². The standard InChI is InChI=1S/C9H15ClNO5PS/c1-4-14-17(13,15-5-2)18-6-11-9(12)8(10)7(3)16-11/h4-6H2,1-3H3. The summed E-state index contributed by atoms with van der Waals surface area (Å²) in [5.74, 6) is 0.342. The first kappa shape index (κ1) is 15.9. The highest BCUT2D eigenvalue weighted by molar-refractivity contribution is 8.54. The van der Waals surface area contributed by atoms with E-state index in [1.165, 1.54) is 0 Å². The van der Waals surface area contributed by atoms with Crippen molar-refractivity contribution < 1.29 is 18.1 Å². The van der Waals surface area contributed by atoms with E-state index in [1.54, 1.807) is 20.8 Å². The summed E-state index contributed by atoms with van der Waals surface area (Å²) in [4.78, 5) is 11.6. The number of hydrogen-bond acceptors (Lipinski definition) is 6. The molecular formula is C9H15ClNO5PS. The summed E-state index contributed by atoms with van der Waals surface area (Å²) in [6, 6.07) is 0. The van der Waals surface area contributed by atoms with Crippen molar-refractivity contribution in [1.29, 1.82) is 0 Å². The number of aryl methyl sites for hydroxylation is 1. The normalized spacial score (nSPS) is 12.0. The Morgan fingerprint density at radius 1 is 1.39 bits per heavy atom. The lowest BCUT2D eigenvalue weighted by atomic mass is 10.5. The minimum Gasteiger partial charge on any atom is -0.379 e. The molecule has 0 aliphatic heterocycles. The molecule has 0 saturated carbocycles. The van der Waals surface area contributed by atoms with Crippen LogP contribution in [0.4, 0.5) is 0 Å². The van der Waals surface area contributed by atoms with E-state index in [0.29, 0.717) is 5.76 Å². The number of hydrogen-bond donors (Lipinski definition) is 0. The van der Waals surface area contributed by atoms with E-state index in [9.17, 15) is 9.36 Å². The topological polar surface area (TPSA) is 70.7 Å². The Morgan fingerprint density at radius 3 is 2.33 bits per heavy atom. The molecule has 0 aliphatic carbocycles. The third-order valence-electron chi connectivity index (χ3n) is 1.88. The van der Waals surface area contributed by atoms with Gasteiger partial charge in [-0.1, -0.05) is 11.6 Å². The quantitative estimate of drug-likeness (QED) is 0.719. The molecule has 104 valence electrons. The molecule has 0 fully saturated rings. The van der Waals surface area contributed by atoms with Crippen molar-refractivity contribution in [3.05, 3.63) is 21.1 Å². The van der Waals surface area contributed by atoms with Crippen molar-refractivity contribution in [3.63, 3.8) is 0 Å². The molecule has 0 radical (unpaired) electrons. The molecule has 18 heavy (non-hydrogen) atoms. The highest BCUT2D eigenvalue weighted by Gasteiger charge is 2.26. The Morgan fingerprint density at radius 2 is 1.94 bits per heavy atom. The van der Waals surface area contributed by atoms with Crippen LogP contribution in [-0.2, 0) is 19.5 Å². The lowest BCUT2D eigenvalue weighted by Gasteiger charge is -2.15. The largest absolute Gasteiger partial charge is 0.390 e. The van der Waals surface area contributed by atoms with Gasteiger partial charge >= 0.3 is 12.4 Å². The smallest absolute Gasteiger partial charge is 0.379 e. The molecule has 1 aromatic heterocycles. The summed E-state index contributed by atoms with van der Waals surface area (Å²) in [7, 11) is 0. The lowest BCUT2D eigenvalue weighted by Crippen LogP contribution is -2.13. The van der Waals surface area contributed by atoms with Gasteiger partial charge in [0.05, 0.1) is 13.2 Å². The number of aromatic nitrogens is 1. The molecule has 0 N–H and O–H groups in total. The zero-order valence-corrected chi connectivity index (χ0v) is 12.8. The molecule has 0 bridgehead atoms. The first-order chi connectivity index (χ1) is 8.43. The maximum absolute atomic E-state index is 12.1. The second-order valence-corrected chi connectivity index (χ2v) is 7.61. The highest BCUT2D eigenvalue weighted by atomic mass is 35.5. The van der Waals surface area contributed by atoms with E-state index in [1.807, 2.05) is 0 Å². The van der Waals surface area contributed by atoms with E-state index in [2.05, 4.69) is 0 Å². The summed E-state index contributed by atoms with van der Waals surface area (Å²) in [5, 5.41) is 0.0262. The summed E-state index contributed by atoms with van der Waals surface area (Å²) in [5.41, 5.74) is -0.457. The summed E-state index contributed by atoms with van der Waals surface area (Å²) < 4.78 is 28.4. The second-order valence-electron chi connectivity index (χ2n) is 3.19. The van der Waals surface area contributed by atoms with E-state index < -0.39 is 12.4 Å². The van der Waals surface area contributed by atoms with Crippen molar-refractivity contribution in [2.75, 3.05) is 13.2 Å². The van der Waals surface area contributed by atoms with Gasteiger partial charge in [0.25, 0.3) is 0 Å². The van der Waals surface area contributed by atoms with Gasteiger partial charge in [0.15, 0.2) is 5.76 Å². The molecule has 1 aromatic rings. The molecule has 0 aromatic carbocycles. The van der Waals surface area contributed by atoms with Crippen LogP contribution in [0.25, 0.3) is 0 Å². The predicted octanol–water partition coefficient (Wildman–Crippen LogP) is 3.27. The monoisotopic (exact) mass is 315 g/mol. The van der Waals surface area contributed by atoms with Crippen LogP contribution >= 0.6 is 29.8 Å². The molecule has 6 nitrogen and oxygen atoms in total. The fraction of sp³-hybridized carbons (Fsp3) is 0.667. The van der Waals surface area contributed by atoms with Gasteiger partial charge < -0.3 is 13.6 Å². The molecule has 9 heteroatoms. The lowest BCUT2D eigenvalue weighted by molar-refractivity contribution is 0.235. The Balaban J connectivity index is 2.76.